The molecule has 0 unspecified atom stereocenters. The maximum absolute atomic E-state index is 14.3. The maximum atomic E-state index is 14.3. The fraction of sp³-hybridized carbons (Fsp3) is 0.280. The van der Waals surface area contributed by atoms with Gasteiger partial charge < -0.3 is 4.57 Å². The van der Waals surface area contributed by atoms with Gasteiger partial charge in [0, 0.05) is 35.8 Å². The zero-order chi connectivity index (χ0) is 21.4. The van der Waals surface area contributed by atoms with Crippen molar-refractivity contribution >= 4 is 45.5 Å². The van der Waals surface area contributed by atoms with Gasteiger partial charge in [0.25, 0.3) is 5.91 Å². The van der Waals surface area contributed by atoms with E-state index in [0.29, 0.717) is 10.1 Å². The molecule has 2 aromatic carbocycles. The summed E-state index contributed by atoms with van der Waals surface area (Å²) in [5, 5.41) is 1.68. The molecular formula is C25H24FN3OS. The van der Waals surface area contributed by atoms with Crippen LogP contribution >= 0.6 is 11.8 Å². The number of para-hydroxylation sites is 2. The van der Waals surface area contributed by atoms with Crippen LogP contribution in [-0.2, 0) is 11.8 Å². The molecule has 31 heavy (non-hydrogen) atoms. The largest absolute Gasteiger partial charge is 0.350 e. The number of thioether (sulfide) groups is 1. The highest BCUT2D eigenvalue weighted by molar-refractivity contribution is 8.18. The standard InChI is InChI=1S/C25H24FN3OS/c1-28-16-17(19-11-5-8-14-22(19)28)15-23-24(30)29(18-9-3-2-4-10-18)25(31-23)27-21-13-7-6-12-20(21)26/h5-8,11-16,18H,2-4,9-10H2,1H3/b23-15-,27-25?. The molecule has 1 saturated heterocycles. The number of carbonyl (C=O) groups is 1. The number of benzene rings is 2. The van der Waals surface area contributed by atoms with Crippen LogP contribution in [0.5, 0.6) is 0 Å². The van der Waals surface area contributed by atoms with Crippen molar-refractivity contribution in [2.45, 2.75) is 38.1 Å². The Morgan fingerprint density at radius 2 is 1.81 bits per heavy atom. The second kappa shape index (κ2) is 8.35. The van der Waals surface area contributed by atoms with Gasteiger partial charge in [-0.25, -0.2) is 9.38 Å². The summed E-state index contributed by atoms with van der Waals surface area (Å²) < 4.78 is 16.4. The minimum Gasteiger partial charge on any atom is -0.350 e. The predicted octanol–water partition coefficient (Wildman–Crippen LogP) is 6.25. The molecule has 1 aliphatic heterocycles. The number of hydrogen-bond donors (Lipinski definition) is 0. The number of amides is 1. The Labute approximate surface area is 185 Å². The fourth-order valence-corrected chi connectivity index (χ4v) is 5.54. The first kappa shape index (κ1) is 20.1. The first-order valence-corrected chi connectivity index (χ1v) is 11.5. The molecular weight excluding hydrogens is 409 g/mol. The first-order chi connectivity index (χ1) is 15.1. The highest BCUT2D eigenvalue weighted by Crippen LogP contribution is 2.39. The highest BCUT2D eigenvalue weighted by Gasteiger charge is 2.38. The summed E-state index contributed by atoms with van der Waals surface area (Å²) in [5.74, 6) is -0.405. The van der Waals surface area contributed by atoms with Gasteiger partial charge in [0.15, 0.2) is 5.17 Å². The number of halogens is 1. The Morgan fingerprint density at radius 3 is 2.61 bits per heavy atom. The molecule has 2 heterocycles. The van der Waals surface area contributed by atoms with Crippen molar-refractivity contribution in [3.63, 3.8) is 0 Å². The zero-order valence-electron chi connectivity index (χ0n) is 17.4. The summed E-state index contributed by atoms with van der Waals surface area (Å²) in [5.41, 5.74) is 2.39. The van der Waals surface area contributed by atoms with Crippen LogP contribution in [0.2, 0.25) is 0 Å². The van der Waals surface area contributed by atoms with Crippen molar-refractivity contribution in [2.24, 2.45) is 12.0 Å². The summed E-state index contributed by atoms with van der Waals surface area (Å²) in [6.45, 7) is 0. The van der Waals surface area contributed by atoms with Crippen LogP contribution in [0.1, 0.15) is 37.7 Å². The third-order valence-corrected chi connectivity index (χ3v) is 7.04. The second-order valence-electron chi connectivity index (χ2n) is 8.14. The molecule has 1 aromatic heterocycles. The van der Waals surface area contributed by atoms with Crippen molar-refractivity contribution in [3.8, 4) is 0 Å². The minimum absolute atomic E-state index is 0.0278. The predicted molar refractivity (Wildman–Crippen MR) is 126 cm³/mol. The van der Waals surface area contributed by atoms with Crippen LogP contribution in [0, 0.1) is 5.82 Å². The number of carbonyl (C=O) groups excluding carboxylic acids is 1. The first-order valence-electron chi connectivity index (χ1n) is 10.7. The molecule has 0 radical (unpaired) electrons. The minimum atomic E-state index is -0.377. The molecule has 0 spiro atoms. The fourth-order valence-electron chi connectivity index (χ4n) is 4.50. The average Bonchev–Trinajstić information content (AvgIpc) is 3.27. The van der Waals surface area contributed by atoms with Gasteiger partial charge in [-0.1, -0.05) is 49.6 Å². The summed E-state index contributed by atoms with van der Waals surface area (Å²) in [4.78, 5) is 20.5. The lowest BCUT2D eigenvalue weighted by atomic mass is 9.94. The van der Waals surface area contributed by atoms with Gasteiger partial charge in [-0.2, -0.15) is 0 Å². The van der Waals surface area contributed by atoms with Crippen LogP contribution in [-0.4, -0.2) is 26.6 Å². The van der Waals surface area contributed by atoms with Gasteiger partial charge in [-0.15, -0.1) is 0 Å². The number of hydrogen-bond acceptors (Lipinski definition) is 3. The molecule has 2 aliphatic rings. The van der Waals surface area contributed by atoms with E-state index in [1.165, 1.54) is 24.2 Å². The van der Waals surface area contributed by atoms with E-state index in [9.17, 15) is 9.18 Å². The van der Waals surface area contributed by atoms with Crippen molar-refractivity contribution in [1.29, 1.82) is 0 Å². The maximum Gasteiger partial charge on any atom is 0.267 e. The van der Waals surface area contributed by atoms with Crippen LogP contribution in [0.15, 0.2) is 64.6 Å². The molecule has 2 fully saturated rings. The molecule has 5 rings (SSSR count). The van der Waals surface area contributed by atoms with Crippen LogP contribution in [0.25, 0.3) is 17.0 Å². The highest BCUT2D eigenvalue weighted by atomic mass is 32.2. The number of amidine groups is 1. The van der Waals surface area contributed by atoms with Gasteiger partial charge in [0.1, 0.15) is 11.5 Å². The van der Waals surface area contributed by atoms with Crippen molar-refractivity contribution in [2.75, 3.05) is 0 Å². The molecule has 0 atom stereocenters. The molecule has 3 aromatic rings. The van der Waals surface area contributed by atoms with Gasteiger partial charge in [-0.05, 0) is 48.9 Å². The van der Waals surface area contributed by atoms with E-state index in [4.69, 9.17) is 0 Å². The monoisotopic (exact) mass is 433 g/mol. The number of aliphatic imine (C=N–C) groups is 1. The number of fused-ring (bicyclic) bond motifs is 1. The molecule has 4 nitrogen and oxygen atoms in total. The quantitative estimate of drug-likeness (QED) is 0.458. The van der Waals surface area contributed by atoms with E-state index in [-0.39, 0.29) is 23.5 Å². The lowest BCUT2D eigenvalue weighted by Gasteiger charge is -2.30. The molecule has 0 N–H and O–H groups in total. The van der Waals surface area contributed by atoms with E-state index in [2.05, 4.69) is 21.7 Å². The van der Waals surface area contributed by atoms with Crippen LogP contribution in [0.4, 0.5) is 10.1 Å². The molecule has 6 heteroatoms. The summed E-state index contributed by atoms with van der Waals surface area (Å²) in [7, 11) is 2.01. The van der Waals surface area contributed by atoms with Crippen molar-refractivity contribution < 1.29 is 9.18 Å². The number of aryl methyl sites for hydroxylation is 1. The van der Waals surface area contributed by atoms with Crippen LogP contribution in [0.3, 0.4) is 0 Å². The van der Waals surface area contributed by atoms with E-state index in [1.54, 1.807) is 18.2 Å². The van der Waals surface area contributed by atoms with Crippen LogP contribution < -0.4 is 0 Å². The number of rotatable bonds is 3. The third kappa shape index (κ3) is 3.81. The lowest BCUT2D eigenvalue weighted by molar-refractivity contribution is -0.124. The molecule has 158 valence electrons. The van der Waals surface area contributed by atoms with Gasteiger partial charge in [0.05, 0.1) is 4.91 Å². The third-order valence-electron chi connectivity index (χ3n) is 6.06. The molecule has 0 bridgehead atoms. The van der Waals surface area contributed by atoms with E-state index in [0.717, 1.165) is 42.1 Å². The summed E-state index contributed by atoms with van der Waals surface area (Å²) >= 11 is 1.35. The lowest BCUT2D eigenvalue weighted by Crippen LogP contribution is -2.40. The Bertz CT molecular complexity index is 1210. The average molecular weight is 434 g/mol. The van der Waals surface area contributed by atoms with Gasteiger partial charge in [0.2, 0.25) is 0 Å². The van der Waals surface area contributed by atoms with E-state index in [1.807, 2.05) is 36.4 Å². The molecule has 1 amide bonds. The van der Waals surface area contributed by atoms with E-state index >= 15 is 0 Å². The van der Waals surface area contributed by atoms with Gasteiger partial charge in [-0.3, -0.25) is 9.69 Å². The van der Waals surface area contributed by atoms with Gasteiger partial charge >= 0.3 is 0 Å². The molecule has 1 aliphatic carbocycles. The molecule has 1 saturated carbocycles. The Hall–Kier alpha value is -2.86. The number of aromatic nitrogens is 1. The SMILES string of the molecule is Cn1cc(/C=C2\SC(=Nc3ccccc3F)N(C3CCCCC3)C2=O)c2ccccc21. The Morgan fingerprint density at radius 1 is 1.06 bits per heavy atom. The second-order valence-corrected chi connectivity index (χ2v) is 9.15. The zero-order valence-corrected chi connectivity index (χ0v) is 18.2. The topological polar surface area (TPSA) is 37.6 Å². The normalized spacial score (nSPS) is 20.5. The number of nitrogens with zero attached hydrogens (tertiary/aromatic N) is 3. The van der Waals surface area contributed by atoms with Crippen molar-refractivity contribution in [3.05, 3.63) is 71.0 Å². The Kier molecular flexibility index (Phi) is 5.40. The summed E-state index contributed by atoms with van der Waals surface area (Å²) in [6, 6.07) is 14.7. The van der Waals surface area contributed by atoms with E-state index < -0.39 is 0 Å². The Balaban J connectivity index is 1.57. The smallest absolute Gasteiger partial charge is 0.267 e. The van der Waals surface area contributed by atoms with Crippen molar-refractivity contribution in [1.82, 2.24) is 9.47 Å². The summed E-state index contributed by atoms with van der Waals surface area (Å²) in [6.07, 6.45) is 9.33.